The topological polar surface area (TPSA) is 67.6 Å². The van der Waals surface area contributed by atoms with Crippen LogP contribution in [0.4, 0.5) is 17.3 Å². The van der Waals surface area contributed by atoms with E-state index in [1.54, 1.807) is 6.20 Å². The van der Waals surface area contributed by atoms with Crippen LogP contribution in [0.25, 0.3) is 16.8 Å². The molecule has 1 aliphatic rings. The van der Waals surface area contributed by atoms with Crippen LogP contribution in [0.2, 0.25) is 0 Å². The van der Waals surface area contributed by atoms with Crippen LogP contribution in [-0.2, 0) is 4.74 Å². The van der Waals surface area contributed by atoms with E-state index in [4.69, 9.17) is 9.84 Å². The molecule has 0 unspecified atom stereocenters. The van der Waals surface area contributed by atoms with Crippen LogP contribution in [0.1, 0.15) is 5.56 Å². The number of aromatic nitrogens is 4. The summed E-state index contributed by atoms with van der Waals surface area (Å²) in [5, 5.41) is 8.01. The maximum atomic E-state index is 5.42. The average molecular weight is 386 g/mol. The summed E-state index contributed by atoms with van der Waals surface area (Å²) in [5.74, 6) is 0.551. The predicted octanol–water partition coefficient (Wildman–Crippen LogP) is 3.68. The summed E-state index contributed by atoms with van der Waals surface area (Å²) in [4.78, 5) is 11.1. The maximum Gasteiger partial charge on any atom is 0.245 e. The maximum absolute atomic E-state index is 5.42. The lowest BCUT2D eigenvalue weighted by Crippen LogP contribution is -2.36. The molecule has 4 heterocycles. The Labute approximate surface area is 169 Å². The molecule has 0 bridgehead atoms. The molecule has 0 spiro atoms. The molecular weight excluding hydrogens is 364 g/mol. The summed E-state index contributed by atoms with van der Waals surface area (Å²) >= 11 is 0. The van der Waals surface area contributed by atoms with Crippen LogP contribution in [0.5, 0.6) is 0 Å². The molecule has 146 valence electrons. The van der Waals surface area contributed by atoms with Crippen LogP contribution in [0.3, 0.4) is 0 Å². The van der Waals surface area contributed by atoms with E-state index < -0.39 is 0 Å². The zero-order valence-electron chi connectivity index (χ0n) is 16.2. The lowest BCUT2D eigenvalue weighted by Gasteiger charge is -2.28. The van der Waals surface area contributed by atoms with Gasteiger partial charge in [0.25, 0.3) is 0 Å². The normalized spacial score (nSPS) is 14.3. The first-order chi connectivity index (χ1) is 14.3. The molecule has 0 amide bonds. The average Bonchev–Trinajstić information content (AvgIpc) is 3.18. The second kappa shape index (κ2) is 7.52. The fraction of sp³-hybridized carbons (Fsp3) is 0.227. The lowest BCUT2D eigenvalue weighted by atomic mass is 10.1. The van der Waals surface area contributed by atoms with Crippen molar-refractivity contribution < 1.29 is 4.74 Å². The lowest BCUT2D eigenvalue weighted by molar-refractivity contribution is 0.122. The van der Waals surface area contributed by atoms with Crippen LogP contribution in [-0.4, -0.2) is 45.9 Å². The van der Waals surface area contributed by atoms with Gasteiger partial charge in [-0.2, -0.15) is 0 Å². The third-order valence-corrected chi connectivity index (χ3v) is 5.21. The van der Waals surface area contributed by atoms with Gasteiger partial charge in [-0.1, -0.05) is 0 Å². The fourth-order valence-electron chi connectivity index (χ4n) is 3.60. The Hall–Kier alpha value is -3.45. The summed E-state index contributed by atoms with van der Waals surface area (Å²) in [6.07, 6.45) is 5.50. The van der Waals surface area contributed by atoms with Crippen molar-refractivity contribution in [3.05, 3.63) is 66.6 Å². The molecule has 1 saturated heterocycles. The second-order valence-corrected chi connectivity index (χ2v) is 7.10. The monoisotopic (exact) mass is 386 g/mol. The van der Waals surface area contributed by atoms with Gasteiger partial charge in [0, 0.05) is 42.4 Å². The first-order valence-corrected chi connectivity index (χ1v) is 9.73. The van der Waals surface area contributed by atoms with E-state index in [1.807, 2.05) is 29.0 Å². The van der Waals surface area contributed by atoms with Gasteiger partial charge in [0.15, 0.2) is 0 Å². The van der Waals surface area contributed by atoms with Gasteiger partial charge in [0.05, 0.1) is 30.6 Å². The first kappa shape index (κ1) is 17.6. The molecular formula is C22H22N6O. The van der Waals surface area contributed by atoms with Gasteiger partial charge in [0.2, 0.25) is 5.95 Å². The molecule has 0 aliphatic carbocycles. The standard InChI is InChI=1S/C22H22N6O/c1-16-8-9-23-15-20(16)21-7-6-19-14-24-22(26-28(19)21)25-17-2-4-18(5-3-17)27-10-12-29-13-11-27/h2-9,14-15H,10-13H2,1H3,(H,25,26). The molecule has 0 atom stereocenters. The largest absolute Gasteiger partial charge is 0.378 e. The Kier molecular flexibility index (Phi) is 4.57. The number of hydrogen-bond donors (Lipinski definition) is 1. The van der Waals surface area contributed by atoms with E-state index >= 15 is 0 Å². The zero-order valence-corrected chi connectivity index (χ0v) is 16.2. The number of aryl methyl sites for hydroxylation is 1. The molecule has 0 radical (unpaired) electrons. The smallest absolute Gasteiger partial charge is 0.245 e. The highest BCUT2D eigenvalue weighted by Gasteiger charge is 2.12. The molecule has 7 heteroatoms. The SMILES string of the molecule is Cc1ccncc1-c1ccc2cnc(Nc3ccc(N4CCOCC4)cc3)nn12. The highest BCUT2D eigenvalue weighted by atomic mass is 16.5. The minimum atomic E-state index is 0.551. The Morgan fingerprint density at radius 1 is 0.966 bits per heavy atom. The fourth-order valence-corrected chi connectivity index (χ4v) is 3.60. The van der Waals surface area contributed by atoms with E-state index in [9.17, 15) is 0 Å². The van der Waals surface area contributed by atoms with Crippen LogP contribution in [0, 0.1) is 6.92 Å². The minimum Gasteiger partial charge on any atom is -0.378 e. The summed E-state index contributed by atoms with van der Waals surface area (Å²) < 4.78 is 7.33. The number of pyridine rings is 1. The highest BCUT2D eigenvalue weighted by molar-refractivity contribution is 5.69. The number of benzene rings is 1. The Balaban J connectivity index is 1.41. The van der Waals surface area contributed by atoms with Crippen molar-refractivity contribution in [2.45, 2.75) is 6.92 Å². The van der Waals surface area contributed by atoms with Gasteiger partial charge in [-0.25, -0.2) is 9.50 Å². The van der Waals surface area contributed by atoms with Crippen LogP contribution in [0.15, 0.2) is 61.1 Å². The number of ether oxygens (including phenoxy) is 1. The van der Waals surface area contributed by atoms with Gasteiger partial charge in [-0.05, 0) is 55.0 Å². The van der Waals surface area contributed by atoms with Crippen molar-refractivity contribution in [1.82, 2.24) is 19.6 Å². The van der Waals surface area contributed by atoms with Gasteiger partial charge in [-0.15, -0.1) is 5.10 Å². The van der Waals surface area contributed by atoms with Crippen molar-refractivity contribution in [1.29, 1.82) is 0 Å². The van der Waals surface area contributed by atoms with Crippen molar-refractivity contribution in [3.63, 3.8) is 0 Å². The number of anilines is 3. The molecule has 7 nitrogen and oxygen atoms in total. The van der Waals surface area contributed by atoms with E-state index in [-0.39, 0.29) is 0 Å². The molecule has 1 fully saturated rings. The number of hydrogen-bond acceptors (Lipinski definition) is 6. The van der Waals surface area contributed by atoms with E-state index in [1.165, 1.54) is 5.69 Å². The van der Waals surface area contributed by atoms with Gasteiger partial charge in [0.1, 0.15) is 0 Å². The number of fused-ring (bicyclic) bond motifs is 1. The molecule has 1 aromatic carbocycles. The summed E-state index contributed by atoms with van der Waals surface area (Å²) in [6, 6.07) is 14.4. The van der Waals surface area contributed by atoms with E-state index in [0.717, 1.165) is 54.3 Å². The third-order valence-electron chi connectivity index (χ3n) is 5.21. The zero-order chi connectivity index (χ0) is 19.6. The van der Waals surface area contributed by atoms with Crippen LogP contribution >= 0.6 is 0 Å². The summed E-state index contributed by atoms with van der Waals surface area (Å²) in [5.41, 5.74) is 6.32. The molecule has 3 aromatic heterocycles. The Morgan fingerprint density at radius 3 is 2.59 bits per heavy atom. The first-order valence-electron chi connectivity index (χ1n) is 9.73. The van der Waals surface area contributed by atoms with Gasteiger partial charge < -0.3 is 15.0 Å². The number of nitrogens with zero attached hydrogens (tertiary/aromatic N) is 5. The summed E-state index contributed by atoms with van der Waals surface area (Å²) in [7, 11) is 0. The number of nitrogens with one attached hydrogen (secondary N) is 1. The third kappa shape index (κ3) is 3.52. The molecule has 5 rings (SSSR count). The predicted molar refractivity (Wildman–Crippen MR) is 114 cm³/mol. The Morgan fingerprint density at radius 2 is 1.79 bits per heavy atom. The molecule has 1 N–H and O–H groups in total. The Bertz CT molecular complexity index is 1130. The molecule has 4 aromatic rings. The number of morpholine rings is 1. The quantitative estimate of drug-likeness (QED) is 0.577. The molecule has 29 heavy (non-hydrogen) atoms. The highest BCUT2D eigenvalue weighted by Crippen LogP contribution is 2.25. The molecule has 1 aliphatic heterocycles. The van der Waals surface area contributed by atoms with Crippen molar-refractivity contribution >= 4 is 22.8 Å². The van der Waals surface area contributed by atoms with Crippen LogP contribution < -0.4 is 10.2 Å². The number of rotatable bonds is 4. The van der Waals surface area contributed by atoms with E-state index in [0.29, 0.717) is 5.95 Å². The van der Waals surface area contributed by atoms with Crippen molar-refractivity contribution in [2.75, 3.05) is 36.5 Å². The summed E-state index contributed by atoms with van der Waals surface area (Å²) in [6.45, 7) is 5.49. The van der Waals surface area contributed by atoms with Gasteiger partial charge >= 0.3 is 0 Å². The van der Waals surface area contributed by atoms with Gasteiger partial charge in [-0.3, -0.25) is 4.98 Å². The van der Waals surface area contributed by atoms with Crippen molar-refractivity contribution in [3.8, 4) is 11.3 Å². The second-order valence-electron chi connectivity index (χ2n) is 7.10. The molecule has 0 saturated carbocycles. The minimum absolute atomic E-state index is 0.551. The van der Waals surface area contributed by atoms with E-state index in [2.05, 4.69) is 57.4 Å². The van der Waals surface area contributed by atoms with Crippen molar-refractivity contribution in [2.24, 2.45) is 0 Å².